The summed E-state index contributed by atoms with van der Waals surface area (Å²) < 4.78 is 70.0. The van der Waals surface area contributed by atoms with Gasteiger partial charge in [-0.15, -0.1) is 0 Å². The van der Waals surface area contributed by atoms with Gasteiger partial charge in [-0.3, -0.25) is 0 Å². The number of rotatable bonds is 6. The van der Waals surface area contributed by atoms with E-state index in [1.54, 1.807) is 26.4 Å². The smallest absolute Gasteiger partial charge is 0.741 e. The predicted octanol–water partition coefficient (Wildman–Crippen LogP) is 5.87. The first-order valence-corrected chi connectivity index (χ1v) is 15.0. The molecule has 1 aliphatic rings. The Morgan fingerprint density at radius 3 is 1.32 bits per heavy atom. The molecular weight excluding hydrogens is 701 g/mol. The Bertz CT molecular complexity index is 1290. The van der Waals surface area contributed by atoms with E-state index in [9.17, 15) is 13.2 Å². The molecule has 3 aromatic carbocycles. The van der Waals surface area contributed by atoms with E-state index in [1.165, 1.54) is 29.8 Å². The molecule has 0 aliphatic heterocycles. The van der Waals surface area contributed by atoms with Gasteiger partial charge in [0.15, 0.2) is 16.4 Å². The molecule has 0 saturated heterocycles. The van der Waals surface area contributed by atoms with Gasteiger partial charge in [-0.05, 0) is 55.9 Å². The summed E-state index contributed by atoms with van der Waals surface area (Å²) in [6.07, 6.45) is 9.64. The van der Waals surface area contributed by atoms with Crippen LogP contribution in [0.5, 0.6) is 0 Å². The van der Waals surface area contributed by atoms with Gasteiger partial charge in [0.1, 0.15) is 0 Å². The second-order valence-corrected chi connectivity index (χ2v) is 11.2. The summed E-state index contributed by atoms with van der Waals surface area (Å²) >= 11 is 0. The fourth-order valence-electron chi connectivity index (χ4n) is 3.14. The Morgan fingerprint density at radius 1 is 0.727 bits per heavy atom. The molecule has 7 nitrogen and oxygen atoms in total. The maximum Gasteiger partial charge on any atom is 2.00 e. The monoisotopic (exact) mass is 734 g/mol. The fourth-order valence-corrected chi connectivity index (χ4v) is 5.61. The van der Waals surface area contributed by atoms with Crippen LogP contribution in [-0.2, 0) is 39.1 Å². The molecule has 3 aromatic rings. The normalized spacial score (nSPS) is 11.7. The minimum Gasteiger partial charge on any atom is -0.741 e. The molecule has 5 radical (unpaired) electrons. The van der Waals surface area contributed by atoms with Crippen molar-refractivity contribution in [1.82, 2.24) is 0 Å². The second-order valence-electron chi connectivity index (χ2n) is 7.68. The molecule has 0 aromatic heterocycles. The van der Waals surface area contributed by atoms with Crippen molar-refractivity contribution in [1.29, 1.82) is 10.5 Å². The van der Waals surface area contributed by atoms with Gasteiger partial charge in [-0.1, -0.05) is 84.9 Å². The number of nitriles is 2. The second kappa shape index (κ2) is 24.6. The maximum atomic E-state index is 10.7. The number of halogens is 3. The molecule has 1 fully saturated rings. The molecule has 0 bridgehead atoms. The molecule has 1 aliphatic carbocycles. The Hall–Kier alpha value is -2.69. The van der Waals surface area contributed by atoms with Crippen LogP contribution in [0.15, 0.2) is 84.9 Å². The van der Waals surface area contributed by atoms with Crippen molar-refractivity contribution < 1.29 is 55.1 Å². The first kappa shape index (κ1) is 43.4. The van der Waals surface area contributed by atoms with Crippen molar-refractivity contribution in [3.05, 3.63) is 123 Å². The van der Waals surface area contributed by atoms with Crippen molar-refractivity contribution in [2.24, 2.45) is 0 Å². The largest absolute Gasteiger partial charge is 2.00 e. The van der Waals surface area contributed by atoms with Crippen LogP contribution in [0.3, 0.4) is 0 Å². The molecule has 1 saturated carbocycles. The summed E-state index contributed by atoms with van der Waals surface area (Å²) in [4.78, 5) is 0. The molecule has 0 spiro atoms. The van der Waals surface area contributed by atoms with Crippen molar-refractivity contribution in [2.45, 2.75) is 25.6 Å². The van der Waals surface area contributed by atoms with E-state index in [2.05, 4.69) is 78.9 Å². The van der Waals surface area contributed by atoms with Gasteiger partial charge in [0, 0.05) is 33.6 Å². The maximum absolute atomic E-state index is 10.7. The number of nitrogens with zero attached hydrogens (tertiary/aromatic N) is 2. The summed E-state index contributed by atoms with van der Waals surface area (Å²) in [6, 6.07) is 33.2. The number of hydrogen-bond donors (Lipinski definition) is 0. The van der Waals surface area contributed by atoms with E-state index in [0.29, 0.717) is 0 Å². The summed E-state index contributed by atoms with van der Waals surface area (Å²) in [7, 11) is -3.40. The molecule has 0 unspecified atom stereocenters. The first-order valence-electron chi connectivity index (χ1n) is 12.3. The molecule has 0 heterocycles. The molecule has 4 rings (SSSR count). The number of ether oxygens (including phenoxy) is 2. The SMILES string of the molecule is CC#N.CC#N.COC(OC)c1ccccc1P(c1ccccc1)c1ccccc1.O=S(=O)([O-])C(F)(F)F.[CH]1[CH][CH][CH][CH]1.[Ru+2]. The van der Waals surface area contributed by atoms with Gasteiger partial charge in [-0.2, -0.15) is 23.7 Å². The summed E-state index contributed by atoms with van der Waals surface area (Å²) in [5.41, 5.74) is -4.56. The van der Waals surface area contributed by atoms with Crippen LogP contribution in [0, 0.1) is 54.8 Å². The number of benzene rings is 3. The van der Waals surface area contributed by atoms with Crippen LogP contribution in [0.4, 0.5) is 13.2 Å². The average Bonchev–Trinajstić information content (AvgIpc) is 3.57. The van der Waals surface area contributed by atoms with Crippen molar-refractivity contribution >= 4 is 34.0 Å². The van der Waals surface area contributed by atoms with Crippen molar-refractivity contribution in [2.75, 3.05) is 14.2 Å². The van der Waals surface area contributed by atoms with Gasteiger partial charge in [0.05, 0.1) is 12.1 Å². The third kappa shape index (κ3) is 17.0. The summed E-state index contributed by atoms with van der Waals surface area (Å²) in [5.74, 6) is 0. The number of alkyl halides is 3. The van der Waals surface area contributed by atoms with Gasteiger partial charge in [0.2, 0.25) is 0 Å². The quantitative estimate of drug-likeness (QED) is 0.102. The Labute approximate surface area is 273 Å². The molecule has 235 valence electrons. The van der Waals surface area contributed by atoms with Gasteiger partial charge in [-0.25, -0.2) is 8.42 Å². The standard InChI is InChI=1S/C21H21O2P.C5H5.2C2H3N.CHF3O3S.Ru/c1-22-21(23-2)19-15-9-10-16-20(19)24(17-11-5-3-6-12-17)18-13-7-4-8-14-18;1-2-4-5-3-1;2*1-2-3;2-1(3,4)8(5,6)7;/h3-16,21H,1-2H3;1-5H;2*1H3;(H,5,6,7);/q;;;;;+2/p-1. The van der Waals surface area contributed by atoms with Crippen molar-refractivity contribution in [3.63, 3.8) is 0 Å². The van der Waals surface area contributed by atoms with Gasteiger partial charge in [0.25, 0.3) is 0 Å². The fraction of sp³-hybridized carbons (Fsp3) is 0.194. The molecule has 13 heteroatoms. The third-order valence-corrected chi connectivity index (χ3v) is 7.81. The zero-order valence-corrected chi connectivity index (χ0v) is 27.8. The summed E-state index contributed by atoms with van der Waals surface area (Å²) in [5, 5.41) is 18.5. The molecule has 44 heavy (non-hydrogen) atoms. The van der Waals surface area contributed by atoms with E-state index < -0.39 is 23.5 Å². The Balaban J connectivity index is 0. The molecule has 0 amide bonds. The minimum absolute atomic E-state index is 0. The Morgan fingerprint density at radius 2 is 1.02 bits per heavy atom. The number of hydrogen-bond acceptors (Lipinski definition) is 7. The van der Waals surface area contributed by atoms with E-state index >= 15 is 0 Å². The zero-order chi connectivity index (χ0) is 32.7. The molecular formula is C31H32F3N2O5PRuS+. The summed E-state index contributed by atoms with van der Waals surface area (Å²) in [6.45, 7) is 2.86. The predicted molar refractivity (Wildman–Crippen MR) is 162 cm³/mol. The van der Waals surface area contributed by atoms with Crippen LogP contribution >= 0.6 is 7.92 Å². The first-order chi connectivity index (χ1) is 20.4. The van der Waals surface area contributed by atoms with E-state index in [-0.39, 0.29) is 25.8 Å². The average molecular weight is 734 g/mol. The molecule has 0 atom stereocenters. The van der Waals surface area contributed by atoms with Gasteiger partial charge >= 0.3 is 25.0 Å². The minimum atomic E-state index is -6.09. The topological polar surface area (TPSA) is 123 Å². The number of methoxy groups -OCH3 is 2. The van der Waals surface area contributed by atoms with Gasteiger partial charge < -0.3 is 14.0 Å². The Kier molecular flexibility index (Phi) is 24.3. The zero-order valence-electron chi connectivity index (χ0n) is 24.3. The molecule has 0 N–H and O–H groups in total. The van der Waals surface area contributed by atoms with Crippen molar-refractivity contribution in [3.8, 4) is 12.1 Å². The van der Waals surface area contributed by atoms with E-state index in [0.717, 1.165) is 5.56 Å². The van der Waals surface area contributed by atoms with Crippen LogP contribution in [0.1, 0.15) is 25.7 Å². The van der Waals surface area contributed by atoms with Crippen LogP contribution in [0.25, 0.3) is 0 Å². The third-order valence-electron chi connectivity index (χ3n) is 4.73. The van der Waals surface area contributed by atoms with Crippen LogP contribution in [-0.4, -0.2) is 32.7 Å². The van der Waals surface area contributed by atoms with Crippen LogP contribution < -0.4 is 15.9 Å². The van der Waals surface area contributed by atoms with Crippen LogP contribution in [0.2, 0.25) is 0 Å². The van der Waals surface area contributed by atoms with E-state index in [4.69, 9.17) is 33.0 Å². The van der Waals surface area contributed by atoms with E-state index in [1.807, 2.05) is 38.2 Å².